The van der Waals surface area contributed by atoms with Gasteiger partial charge < -0.3 is 5.32 Å². The molecule has 0 radical (unpaired) electrons. The van der Waals surface area contributed by atoms with Crippen LogP contribution in [0.15, 0.2) is 16.8 Å². The minimum atomic E-state index is 1.05. The molecule has 2 heteroatoms. The van der Waals surface area contributed by atoms with E-state index in [9.17, 15) is 0 Å². The van der Waals surface area contributed by atoms with Crippen LogP contribution in [0, 0.1) is 17.8 Å². The topological polar surface area (TPSA) is 12.0 Å². The summed E-state index contributed by atoms with van der Waals surface area (Å²) in [7, 11) is 0. The van der Waals surface area contributed by atoms with Gasteiger partial charge in [0.1, 0.15) is 0 Å². The molecule has 0 amide bonds. The number of hydrogen-bond acceptors (Lipinski definition) is 2. The van der Waals surface area contributed by atoms with Gasteiger partial charge >= 0.3 is 0 Å². The highest BCUT2D eigenvalue weighted by molar-refractivity contribution is 7.07. The van der Waals surface area contributed by atoms with Crippen molar-refractivity contribution >= 4 is 11.3 Å². The molecule has 1 N–H and O–H groups in total. The molecule has 2 aliphatic rings. The van der Waals surface area contributed by atoms with E-state index in [1.807, 2.05) is 0 Å². The van der Waals surface area contributed by atoms with Crippen molar-refractivity contribution in [3.05, 3.63) is 22.4 Å². The van der Waals surface area contributed by atoms with Crippen LogP contribution in [-0.4, -0.2) is 6.54 Å². The van der Waals surface area contributed by atoms with Gasteiger partial charge in [0.05, 0.1) is 0 Å². The van der Waals surface area contributed by atoms with Gasteiger partial charge in [0.2, 0.25) is 0 Å². The summed E-state index contributed by atoms with van der Waals surface area (Å²) in [6.07, 6.45) is 7.55. The molecule has 0 aliphatic heterocycles. The summed E-state index contributed by atoms with van der Waals surface area (Å²) < 4.78 is 0. The highest BCUT2D eigenvalue weighted by Gasteiger charge is 2.38. The average molecular weight is 235 g/mol. The van der Waals surface area contributed by atoms with E-state index in [1.165, 1.54) is 37.8 Å². The van der Waals surface area contributed by atoms with E-state index in [-0.39, 0.29) is 0 Å². The molecule has 1 aromatic heterocycles. The van der Waals surface area contributed by atoms with Crippen molar-refractivity contribution in [2.24, 2.45) is 17.8 Å². The Hall–Kier alpha value is -0.340. The van der Waals surface area contributed by atoms with E-state index in [4.69, 9.17) is 0 Å². The highest BCUT2D eigenvalue weighted by Crippen LogP contribution is 2.49. The molecule has 88 valence electrons. The van der Waals surface area contributed by atoms with Crippen molar-refractivity contribution in [3.8, 4) is 0 Å². The van der Waals surface area contributed by atoms with Gasteiger partial charge in [-0.05, 0) is 72.4 Å². The van der Waals surface area contributed by atoms with Gasteiger partial charge in [-0.15, -0.1) is 0 Å². The number of hydrogen-bond donors (Lipinski definition) is 1. The van der Waals surface area contributed by atoms with E-state index in [2.05, 4.69) is 22.1 Å². The van der Waals surface area contributed by atoms with Gasteiger partial charge in [0, 0.05) is 6.54 Å². The van der Waals surface area contributed by atoms with Crippen LogP contribution in [0.3, 0.4) is 0 Å². The molecule has 0 aromatic carbocycles. The Morgan fingerprint density at radius 2 is 2.31 bits per heavy atom. The maximum Gasteiger partial charge on any atom is 0.0213 e. The lowest BCUT2D eigenvalue weighted by Crippen LogP contribution is -2.20. The molecule has 3 atom stereocenters. The van der Waals surface area contributed by atoms with Crippen LogP contribution < -0.4 is 5.32 Å². The first kappa shape index (κ1) is 10.8. The Labute approximate surface area is 102 Å². The third-order valence-corrected chi connectivity index (χ3v) is 5.22. The summed E-state index contributed by atoms with van der Waals surface area (Å²) in [5.74, 6) is 3.24. The smallest absolute Gasteiger partial charge is 0.0213 e. The van der Waals surface area contributed by atoms with Crippen LogP contribution in [0.1, 0.15) is 37.7 Å². The third-order valence-electron chi connectivity index (χ3n) is 4.49. The summed E-state index contributed by atoms with van der Waals surface area (Å²) >= 11 is 1.79. The van der Waals surface area contributed by atoms with Crippen molar-refractivity contribution < 1.29 is 0 Å². The number of fused-ring (bicyclic) bond motifs is 2. The van der Waals surface area contributed by atoms with Crippen molar-refractivity contribution in [1.29, 1.82) is 0 Å². The molecule has 1 aromatic rings. The molecule has 2 saturated carbocycles. The van der Waals surface area contributed by atoms with Crippen LogP contribution >= 0.6 is 11.3 Å². The molecule has 0 spiro atoms. The molecule has 2 fully saturated rings. The SMILES string of the molecule is c1cc(CNCCC2CC3CCC2C3)cs1. The largest absolute Gasteiger partial charge is 0.313 e. The van der Waals surface area contributed by atoms with E-state index in [0.717, 1.165) is 24.3 Å². The zero-order valence-corrected chi connectivity index (χ0v) is 10.6. The zero-order chi connectivity index (χ0) is 10.8. The summed E-state index contributed by atoms with van der Waals surface area (Å²) in [5.41, 5.74) is 1.44. The third kappa shape index (κ3) is 2.33. The monoisotopic (exact) mass is 235 g/mol. The van der Waals surface area contributed by atoms with Crippen LogP contribution in [0.25, 0.3) is 0 Å². The molecule has 2 bridgehead atoms. The van der Waals surface area contributed by atoms with Crippen molar-refractivity contribution in [3.63, 3.8) is 0 Å². The molecule has 3 unspecified atom stereocenters. The van der Waals surface area contributed by atoms with Gasteiger partial charge in [-0.1, -0.05) is 6.42 Å². The van der Waals surface area contributed by atoms with Gasteiger partial charge in [-0.2, -0.15) is 11.3 Å². The Morgan fingerprint density at radius 3 is 3.00 bits per heavy atom. The fourth-order valence-electron chi connectivity index (χ4n) is 3.64. The quantitative estimate of drug-likeness (QED) is 0.768. The molecular formula is C14H21NS. The lowest BCUT2D eigenvalue weighted by Gasteiger charge is -2.21. The Balaban J connectivity index is 1.35. The summed E-state index contributed by atoms with van der Waals surface area (Å²) in [6.45, 7) is 2.27. The first-order valence-corrected chi connectivity index (χ1v) is 7.58. The van der Waals surface area contributed by atoms with Gasteiger partial charge in [-0.3, -0.25) is 0 Å². The van der Waals surface area contributed by atoms with Crippen LogP contribution in [0.5, 0.6) is 0 Å². The van der Waals surface area contributed by atoms with Crippen molar-refractivity contribution in [1.82, 2.24) is 5.32 Å². The first-order valence-electron chi connectivity index (χ1n) is 6.63. The standard InChI is InChI=1S/C14H21NS/c1-2-13-7-11(1)8-14(13)3-5-15-9-12-4-6-16-10-12/h4,6,10-11,13-15H,1-3,5,7-9H2. The molecule has 16 heavy (non-hydrogen) atoms. The maximum absolute atomic E-state index is 3.58. The number of thiophene rings is 1. The second-order valence-corrected chi connectivity index (χ2v) is 6.31. The zero-order valence-electron chi connectivity index (χ0n) is 9.82. The molecule has 1 heterocycles. The average Bonchev–Trinajstić information content (AvgIpc) is 3.01. The molecule has 2 aliphatic carbocycles. The fraction of sp³-hybridized carbons (Fsp3) is 0.714. The van der Waals surface area contributed by atoms with E-state index < -0.39 is 0 Å². The molecule has 0 saturated heterocycles. The highest BCUT2D eigenvalue weighted by atomic mass is 32.1. The lowest BCUT2D eigenvalue weighted by atomic mass is 9.86. The van der Waals surface area contributed by atoms with Crippen LogP contribution in [0.2, 0.25) is 0 Å². The predicted molar refractivity (Wildman–Crippen MR) is 69.6 cm³/mol. The van der Waals surface area contributed by atoms with Gasteiger partial charge in [0.15, 0.2) is 0 Å². The lowest BCUT2D eigenvalue weighted by molar-refractivity contribution is 0.310. The molecule has 3 rings (SSSR count). The molecular weight excluding hydrogens is 214 g/mol. The summed E-state index contributed by atoms with van der Waals surface area (Å²) in [4.78, 5) is 0. The summed E-state index contributed by atoms with van der Waals surface area (Å²) in [5, 5.41) is 7.98. The van der Waals surface area contributed by atoms with Crippen LogP contribution in [0.4, 0.5) is 0 Å². The first-order chi connectivity index (χ1) is 7.92. The van der Waals surface area contributed by atoms with E-state index in [0.29, 0.717) is 0 Å². The van der Waals surface area contributed by atoms with Crippen LogP contribution in [-0.2, 0) is 6.54 Å². The maximum atomic E-state index is 3.58. The van der Waals surface area contributed by atoms with Crippen molar-refractivity contribution in [2.45, 2.75) is 38.6 Å². The second kappa shape index (κ2) is 4.89. The van der Waals surface area contributed by atoms with Gasteiger partial charge in [0.25, 0.3) is 0 Å². The minimum absolute atomic E-state index is 1.05. The summed E-state index contributed by atoms with van der Waals surface area (Å²) in [6, 6.07) is 2.22. The van der Waals surface area contributed by atoms with Crippen molar-refractivity contribution in [2.75, 3.05) is 6.54 Å². The second-order valence-electron chi connectivity index (χ2n) is 5.53. The fourth-order valence-corrected chi connectivity index (χ4v) is 4.31. The molecule has 1 nitrogen and oxygen atoms in total. The normalized spacial score (nSPS) is 32.4. The predicted octanol–water partition coefficient (Wildman–Crippen LogP) is 3.66. The van der Waals surface area contributed by atoms with E-state index >= 15 is 0 Å². The number of nitrogens with one attached hydrogen (secondary N) is 1. The van der Waals surface area contributed by atoms with Gasteiger partial charge in [-0.25, -0.2) is 0 Å². The number of rotatable bonds is 5. The Morgan fingerprint density at radius 1 is 1.31 bits per heavy atom. The Bertz CT molecular complexity index is 319. The minimum Gasteiger partial charge on any atom is -0.313 e. The Kier molecular flexibility index (Phi) is 3.30. The van der Waals surface area contributed by atoms with E-state index in [1.54, 1.807) is 17.8 Å².